The van der Waals surface area contributed by atoms with E-state index in [4.69, 9.17) is 0 Å². The molecule has 1 aliphatic rings. The smallest absolute Gasteiger partial charge is 0.268 e. The number of anilines is 1. The second-order valence-corrected chi connectivity index (χ2v) is 8.13. The lowest BCUT2D eigenvalue weighted by Gasteiger charge is -2.27. The molecule has 5 nitrogen and oxygen atoms in total. The van der Waals surface area contributed by atoms with Crippen molar-refractivity contribution in [3.63, 3.8) is 0 Å². The van der Waals surface area contributed by atoms with Crippen LogP contribution in [0.4, 0.5) is 14.5 Å². The Bertz CT molecular complexity index is 1010. The van der Waals surface area contributed by atoms with Gasteiger partial charge in [0.1, 0.15) is 10.7 Å². The van der Waals surface area contributed by atoms with E-state index in [2.05, 4.69) is 22.5 Å². The van der Waals surface area contributed by atoms with Gasteiger partial charge in [0.25, 0.3) is 5.91 Å². The van der Waals surface area contributed by atoms with E-state index in [9.17, 15) is 13.6 Å². The predicted molar refractivity (Wildman–Crippen MR) is 102 cm³/mol. The highest BCUT2D eigenvalue weighted by atomic mass is 32.1. The molecule has 0 spiro atoms. The van der Waals surface area contributed by atoms with Crippen molar-refractivity contribution >= 4 is 28.6 Å². The van der Waals surface area contributed by atoms with Crippen LogP contribution in [0.25, 0.3) is 5.65 Å². The highest BCUT2D eigenvalue weighted by Gasteiger charge is 2.25. The SMILES string of the molecule is Cc1cn2cc(NC(=O)c3sc([C@@H]4CCN[C@@H](C)C4)cc3F)cc(F)c2n1. The number of piperidine rings is 1. The third-order valence-corrected chi connectivity index (χ3v) is 6.09. The molecule has 2 atom stereocenters. The van der Waals surface area contributed by atoms with Gasteiger partial charge in [-0.25, -0.2) is 13.8 Å². The number of imidazole rings is 1. The lowest BCUT2D eigenvalue weighted by Crippen LogP contribution is -2.34. The van der Waals surface area contributed by atoms with Crippen molar-refractivity contribution < 1.29 is 13.6 Å². The van der Waals surface area contributed by atoms with Crippen LogP contribution in [-0.2, 0) is 0 Å². The largest absolute Gasteiger partial charge is 0.320 e. The van der Waals surface area contributed by atoms with Crippen LogP contribution in [0.5, 0.6) is 0 Å². The van der Waals surface area contributed by atoms with Gasteiger partial charge < -0.3 is 15.0 Å². The fourth-order valence-corrected chi connectivity index (χ4v) is 4.65. The number of aromatic nitrogens is 2. The Labute approximate surface area is 159 Å². The van der Waals surface area contributed by atoms with Crippen LogP contribution >= 0.6 is 11.3 Å². The third-order valence-electron chi connectivity index (χ3n) is 4.82. The van der Waals surface area contributed by atoms with Crippen LogP contribution in [0.2, 0.25) is 0 Å². The van der Waals surface area contributed by atoms with Crippen molar-refractivity contribution in [3.8, 4) is 0 Å². The molecular formula is C19H20F2N4OS. The average molecular weight is 390 g/mol. The zero-order valence-electron chi connectivity index (χ0n) is 15.1. The van der Waals surface area contributed by atoms with E-state index in [0.717, 1.165) is 24.3 Å². The van der Waals surface area contributed by atoms with Crippen LogP contribution in [-0.4, -0.2) is 27.9 Å². The molecule has 3 aromatic rings. The fraction of sp³-hybridized carbons (Fsp3) is 0.368. The molecular weight excluding hydrogens is 370 g/mol. The Morgan fingerprint density at radius 1 is 1.33 bits per heavy atom. The maximum atomic E-state index is 14.4. The lowest BCUT2D eigenvalue weighted by atomic mass is 9.92. The van der Waals surface area contributed by atoms with Crippen molar-refractivity contribution in [3.05, 3.63) is 51.6 Å². The summed E-state index contributed by atoms with van der Waals surface area (Å²) in [7, 11) is 0. The first-order chi connectivity index (χ1) is 12.9. The van der Waals surface area contributed by atoms with Gasteiger partial charge in [0.15, 0.2) is 11.5 Å². The molecule has 1 amide bonds. The molecule has 4 rings (SSSR count). The molecule has 27 heavy (non-hydrogen) atoms. The summed E-state index contributed by atoms with van der Waals surface area (Å²) in [6.07, 6.45) is 5.07. The quantitative estimate of drug-likeness (QED) is 0.708. The first kappa shape index (κ1) is 18.1. The Kier molecular flexibility index (Phi) is 4.69. The Morgan fingerprint density at radius 3 is 2.93 bits per heavy atom. The first-order valence-corrected chi connectivity index (χ1v) is 9.71. The van der Waals surface area contributed by atoms with Crippen molar-refractivity contribution in [2.24, 2.45) is 0 Å². The highest BCUT2D eigenvalue weighted by Crippen LogP contribution is 2.34. The predicted octanol–water partition coefficient (Wildman–Crippen LogP) is 4.09. The minimum absolute atomic E-state index is 0.0264. The van der Waals surface area contributed by atoms with Gasteiger partial charge in [0, 0.05) is 29.4 Å². The molecule has 0 unspecified atom stereocenters. The van der Waals surface area contributed by atoms with Crippen molar-refractivity contribution in [1.82, 2.24) is 14.7 Å². The topological polar surface area (TPSA) is 58.4 Å². The molecule has 0 bridgehead atoms. The minimum atomic E-state index is -0.568. The molecule has 8 heteroatoms. The number of nitrogens with one attached hydrogen (secondary N) is 2. The zero-order valence-corrected chi connectivity index (χ0v) is 15.9. The second kappa shape index (κ2) is 7.01. The van der Waals surface area contributed by atoms with Gasteiger partial charge in [0.2, 0.25) is 0 Å². The standard InChI is InChI=1S/C19H20F2N4OS/c1-10-5-12(3-4-22-10)16-7-14(20)17(27-16)19(26)24-13-6-15(21)18-23-11(2)8-25(18)9-13/h6-10,12,22H,3-5H2,1-2H3,(H,24,26)/t10-,12+/m0/s1. The number of carbonyl (C=O) groups excluding carboxylic acids is 1. The summed E-state index contributed by atoms with van der Waals surface area (Å²) in [6, 6.07) is 3.03. The minimum Gasteiger partial charge on any atom is -0.320 e. The number of fused-ring (bicyclic) bond motifs is 1. The van der Waals surface area contributed by atoms with Crippen LogP contribution < -0.4 is 10.6 Å². The van der Waals surface area contributed by atoms with Crippen LogP contribution in [0.3, 0.4) is 0 Å². The third kappa shape index (κ3) is 3.59. The van der Waals surface area contributed by atoms with Gasteiger partial charge in [-0.05, 0) is 45.2 Å². The Morgan fingerprint density at radius 2 is 2.15 bits per heavy atom. The number of rotatable bonds is 3. The van der Waals surface area contributed by atoms with E-state index < -0.39 is 17.5 Å². The number of hydrogen-bond donors (Lipinski definition) is 2. The first-order valence-electron chi connectivity index (χ1n) is 8.89. The van der Waals surface area contributed by atoms with Crippen molar-refractivity contribution in [2.45, 2.75) is 38.6 Å². The van der Waals surface area contributed by atoms with Gasteiger partial charge in [-0.3, -0.25) is 4.79 Å². The van der Waals surface area contributed by atoms with E-state index in [1.54, 1.807) is 19.3 Å². The van der Waals surface area contributed by atoms with E-state index in [0.29, 0.717) is 11.7 Å². The number of aryl methyl sites for hydroxylation is 1. The molecule has 4 heterocycles. The molecule has 142 valence electrons. The highest BCUT2D eigenvalue weighted by molar-refractivity contribution is 7.14. The van der Waals surface area contributed by atoms with Crippen molar-refractivity contribution in [1.29, 1.82) is 0 Å². The van der Waals surface area contributed by atoms with E-state index in [1.807, 2.05) is 0 Å². The molecule has 1 fully saturated rings. The van der Waals surface area contributed by atoms with E-state index >= 15 is 0 Å². The number of halogens is 2. The molecule has 0 aromatic carbocycles. The van der Waals surface area contributed by atoms with Crippen LogP contribution in [0.15, 0.2) is 24.5 Å². The summed E-state index contributed by atoms with van der Waals surface area (Å²) >= 11 is 1.18. The second-order valence-electron chi connectivity index (χ2n) is 7.05. The monoisotopic (exact) mass is 390 g/mol. The van der Waals surface area contributed by atoms with Crippen LogP contribution in [0, 0.1) is 18.6 Å². The maximum Gasteiger partial charge on any atom is 0.268 e. The summed E-state index contributed by atoms with van der Waals surface area (Å²) < 4.78 is 30.1. The summed E-state index contributed by atoms with van der Waals surface area (Å²) in [4.78, 5) is 17.5. The van der Waals surface area contributed by atoms with Gasteiger partial charge in [0.05, 0.1) is 11.4 Å². The van der Waals surface area contributed by atoms with Gasteiger partial charge in [-0.15, -0.1) is 11.3 Å². The molecule has 0 aliphatic carbocycles. The molecule has 1 saturated heterocycles. The normalized spacial score (nSPS) is 20.1. The number of hydrogen-bond acceptors (Lipinski definition) is 4. The summed E-state index contributed by atoms with van der Waals surface area (Å²) in [6.45, 7) is 4.75. The van der Waals surface area contributed by atoms with Crippen molar-refractivity contribution in [2.75, 3.05) is 11.9 Å². The number of carbonyl (C=O) groups is 1. The number of thiophene rings is 1. The van der Waals surface area contributed by atoms with Gasteiger partial charge in [-0.1, -0.05) is 0 Å². The average Bonchev–Trinajstić information content (AvgIpc) is 3.17. The molecule has 0 saturated carbocycles. The van der Waals surface area contributed by atoms with Gasteiger partial charge in [-0.2, -0.15) is 0 Å². The number of pyridine rings is 1. The van der Waals surface area contributed by atoms with Crippen LogP contribution in [0.1, 0.15) is 45.9 Å². The van der Waals surface area contributed by atoms with Gasteiger partial charge >= 0.3 is 0 Å². The fourth-order valence-electron chi connectivity index (χ4n) is 3.57. The van der Waals surface area contributed by atoms with E-state index in [1.165, 1.54) is 27.9 Å². The molecule has 3 aromatic heterocycles. The number of amides is 1. The summed E-state index contributed by atoms with van der Waals surface area (Å²) in [5, 5.41) is 5.97. The number of nitrogens with zero attached hydrogens (tertiary/aromatic N) is 2. The Balaban J connectivity index is 1.56. The van der Waals surface area contributed by atoms with E-state index in [-0.39, 0.29) is 22.1 Å². The molecule has 0 radical (unpaired) electrons. The lowest BCUT2D eigenvalue weighted by molar-refractivity contribution is 0.102. The Hall–Kier alpha value is -2.32. The summed E-state index contributed by atoms with van der Waals surface area (Å²) in [5.41, 5.74) is 1.12. The zero-order chi connectivity index (χ0) is 19.1. The summed E-state index contributed by atoms with van der Waals surface area (Å²) in [5.74, 6) is -1.39. The maximum absolute atomic E-state index is 14.4. The molecule has 1 aliphatic heterocycles. The molecule has 2 N–H and O–H groups in total.